The Morgan fingerprint density at radius 1 is 1.23 bits per heavy atom. The summed E-state index contributed by atoms with van der Waals surface area (Å²) < 4.78 is 5.11. The number of carbonyl (C=O) groups is 2. The van der Waals surface area contributed by atoms with E-state index in [1.807, 2.05) is 24.3 Å². The summed E-state index contributed by atoms with van der Waals surface area (Å²) in [5, 5.41) is 2.88. The van der Waals surface area contributed by atoms with Gasteiger partial charge in [-0.05, 0) is 37.0 Å². The third-order valence-electron chi connectivity index (χ3n) is 3.90. The van der Waals surface area contributed by atoms with Gasteiger partial charge in [0.2, 0.25) is 11.8 Å². The first-order valence-electron chi connectivity index (χ1n) is 7.86. The van der Waals surface area contributed by atoms with Crippen molar-refractivity contribution in [2.75, 3.05) is 26.7 Å². The van der Waals surface area contributed by atoms with E-state index in [9.17, 15) is 9.59 Å². The van der Waals surface area contributed by atoms with Gasteiger partial charge in [0.1, 0.15) is 5.75 Å². The Morgan fingerprint density at radius 2 is 2.00 bits per heavy atom. The highest BCUT2D eigenvalue weighted by Gasteiger charge is 2.18. The lowest BCUT2D eigenvalue weighted by Gasteiger charge is -2.19. The Kier molecular flexibility index (Phi) is 6.25. The highest BCUT2D eigenvalue weighted by molar-refractivity contribution is 5.84. The van der Waals surface area contributed by atoms with Crippen LogP contribution in [-0.2, 0) is 16.0 Å². The number of hydrogen-bond donors (Lipinski definition) is 1. The summed E-state index contributed by atoms with van der Waals surface area (Å²) in [5.41, 5.74) is 1.15. The van der Waals surface area contributed by atoms with Crippen molar-refractivity contribution in [2.24, 2.45) is 0 Å². The van der Waals surface area contributed by atoms with E-state index in [2.05, 4.69) is 5.32 Å². The molecule has 5 heteroatoms. The Bertz CT molecular complexity index is 499. The van der Waals surface area contributed by atoms with E-state index in [0.29, 0.717) is 19.5 Å². The third-order valence-corrected chi connectivity index (χ3v) is 3.90. The van der Waals surface area contributed by atoms with E-state index in [1.54, 1.807) is 12.0 Å². The quantitative estimate of drug-likeness (QED) is 0.871. The molecule has 1 aromatic rings. The van der Waals surface area contributed by atoms with E-state index in [-0.39, 0.29) is 18.4 Å². The zero-order chi connectivity index (χ0) is 15.8. The summed E-state index contributed by atoms with van der Waals surface area (Å²) in [6.45, 7) is 1.46. The predicted molar refractivity (Wildman–Crippen MR) is 84.8 cm³/mol. The minimum absolute atomic E-state index is 0.0799. The van der Waals surface area contributed by atoms with Gasteiger partial charge < -0.3 is 15.0 Å². The highest BCUT2D eigenvalue weighted by Crippen LogP contribution is 2.12. The molecule has 0 saturated carbocycles. The van der Waals surface area contributed by atoms with Crippen molar-refractivity contribution in [3.05, 3.63) is 29.8 Å². The molecule has 0 aliphatic carbocycles. The lowest BCUT2D eigenvalue weighted by atomic mass is 10.1. The van der Waals surface area contributed by atoms with Gasteiger partial charge in [-0.1, -0.05) is 18.6 Å². The number of ether oxygens (including phenoxy) is 1. The summed E-state index contributed by atoms with van der Waals surface area (Å²) >= 11 is 0. The molecule has 1 aromatic carbocycles. The Hall–Kier alpha value is -2.04. The second-order valence-electron chi connectivity index (χ2n) is 5.57. The number of methoxy groups -OCH3 is 1. The maximum atomic E-state index is 11.9. The fourth-order valence-corrected chi connectivity index (χ4v) is 2.57. The van der Waals surface area contributed by atoms with Crippen molar-refractivity contribution in [2.45, 2.75) is 32.1 Å². The minimum atomic E-state index is -0.0799. The number of rotatable bonds is 6. The number of carbonyl (C=O) groups excluding carboxylic acids is 2. The van der Waals surface area contributed by atoms with Crippen LogP contribution in [0.2, 0.25) is 0 Å². The second-order valence-corrected chi connectivity index (χ2v) is 5.57. The van der Waals surface area contributed by atoms with Crippen LogP contribution >= 0.6 is 0 Å². The number of amides is 2. The number of hydrogen-bond acceptors (Lipinski definition) is 3. The van der Waals surface area contributed by atoms with Crippen molar-refractivity contribution >= 4 is 11.8 Å². The monoisotopic (exact) mass is 304 g/mol. The second kappa shape index (κ2) is 8.41. The van der Waals surface area contributed by atoms with E-state index >= 15 is 0 Å². The third kappa shape index (κ3) is 5.06. The molecule has 0 aromatic heterocycles. The van der Waals surface area contributed by atoms with Crippen molar-refractivity contribution in [1.82, 2.24) is 10.2 Å². The van der Waals surface area contributed by atoms with Gasteiger partial charge in [0, 0.05) is 19.5 Å². The predicted octanol–water partition coefficient (Wildman–Crippen LogP) is 1.76. The first kappa shape index (κ1) is 16.3. The van der Waals surface area contributed by atoms with Gasteiger partial charge in [0.05, 0.1) is 13.7 Å². The smallest absolute Gasteiger partial charge is 0.239 e. The minimum Gasteiger partial charge on any atom is -0.497 e. The topological polar surface area (TPSA) is 58.6 Å². The lowest BCUT2D eigenvalue weighted by molar-refractivity contribution is -0.135. The number of nitrogens with one attached hydrogen (secondary N) is 1. The molecule has 2 amide bonds. The normalized spacial score (nSPS) is 15.3. The molecule has 1 aliphatic rings. The molecule has 0 unspecified atom stereocenters. The van der Waals surface area contributed by atoms with Crippen LogP contribution in [0.15, 0.2) is 24.3 Å². The molecule has 0 atom stereocenters. The molecule has 0 spiro atoms. The van der Waals surface area contributed by atoms with Crippen LogP contribution in [0.5, 0.6) is 5.75 Å². The molecule has 1 N–H and O–H groups in total. The maximum absolute atomic E-state index is 11.9. The molecule has 1 saturated heterocycles. The molecule has 22 heavy (non-hydrogen) atoms. The number of likely N-dealkylation sites (tertiary alicyclic amines) is 1. The molecule has 1 heterocycles. The summed E-state index contributed by atoms with van der Waals surface area (Å²) in [4.78, 5) is 25.5. The lowest BCUT2D eigenvalue weighted by Crippen LogP contribution is -2.41. The van der Waals surface area contributed by atoms with Crippen molar-refractivity contribution < 1.29 is 14.3 Å². The highest BCUT2D eigenvalue weighted by atomic mass is 16.5. The van der Waals surface area contributed by atoms with Crippen LogP contribution in [0.25, 0.3) is 0 Å². The van der Waals surface area contributed by atoms with Crippen molar-refractivity contribution in [1.29, 1.82) is 0 Å². The van der Waals surface area contributed by atoms with Gasteiger partial charge in [-0.2, -0.15) is 0 Å². The van der Waals surface area contributed by atoms with Gasteiger partial charge in [-0.15, -0.1) is 0 Å². The summed E-state index contributed by atoms with van der Waals surface area (Å²) in [7, 11) is 1.64. The van der Waals surface area contributed by atoms with E-state index in [0.717, 1.165) is 37.0 Å². The van der Waals surface area contributed by atoms with Crippen molar-refractivity contribution in [3.63, 3.8) is 0 Å². The van der Waals surface area contributed by atoms with Crippen LogP contribution in [0.3, 0.4) is 0 Å². The first-order valence-corrected chi connectivity index (χ1v) is 7.86. The molecule has 5 nitrogen and oxygen atoms in total. The zero-order valence-corrected chi connectivity index (χ0v) is 13.1. The van der Waals surface area contributed by atoms with Crippen LogP contribution < -0.4 is 10.1 Å². The maximum Gasteiger partial charge on any atom is 0.239 e. The molecule has 1 fully saturated rings. The van der Waals surface area contributed by atoms with Crippen LogP contribution in [-0.4, -0.2) is 43.5 Å². The van der Waals surface area contributed by atoms with Crippen molar-refractivity contribution in [3.8, 4) is 5.75 Å². The van der Waals surface area contributed by atoms with Crippen LogP contribution in [0, 0.1) is 0 Å². The fourth-order valence-electron chi connectivity index (χ4n) is 2.57. The molecule has 0 bridgehead atoms. The molecule has 120 valence electrons. The summed E-state index contributed by atoms with van der Waals surface area (Å²) in [6, 6.07) is 7.80. The van der Waals surface area contributed by atoms with E-state index in [4.69, 9.17) is 4.74 Å². The first-order chi connectivity index (χ1) is 10.7. The fraction of sp³-hybridized carbons (Fsp3) is 0.529. The van der Waals surface area contributed by atoms with Crippen LogP contribution in [0.4, 0.5) is 0 Å². The van der Waals surface area contributed by atoms with Gasteiger partial charge in [0.15, 0.2) is 0 Å². The molecule has 2 rings (SSSR count). The van der Waals surface area contributed by atoms with Gasteiger partial charge in [0.25, 0.3) is 0 Å². The van der Waals surface area contributed by atoms with Gasteiger partial charge in [-0.25, -0.2) is 0 Å². The van der Waals surface area contributed by atoms with E-state index < -0.39 is 0 Å². The Morgan fingerprint density at radius 3 is 2.73 bits per heavy atom. The molecule has 0 radical (unpaired) electrons. The number of benzene rings is 1. The summed E-state index contributed by atoms with van der Waals surface area (Å²) in [5.74, 6) is 0.846. The average molecular weight is 304 g/mol. The Balaban J connectivity index is 1.71. The van der Waals surface area contributed by atoms with Crippen LogP contribution in [0.1, 0.15) is 31.2 Å². The standard InChI is InChI=1S/C17H24N2O3/c1-22-15-8-6-14(7-9-15)10-11-18-16(20)13-19-12-4-2-3-5-17(19)21/h6-9H,2-5,10-13H2,1H3,(H,18,20). The molecular formula is C17H24N2O3. The SMILES string of the molecule is COc1ccc(CCNC(=O)CN2CCCCCC2=O)cc1. The van der Waals surface area contributed by atoms with E-state index in [1.165, 1.54) is 0 Å². The zero-order valence-electron chi connectivity index (χ0n) is 13.1. The van der Waals surface area contributed by atoms with Gasteiger partial charge in [-0.3, -0.25) is 9.59 Å². The average Bonchev–Trinajstić information content (AvgIpc) is 2.73. The largest absolute Gasteiger partial charge is 0.497 e. The number of nitrogens with zero attached hydrogens (tertiary/aromatic N) is 1. The van der Waals surface area contributed by atoms with Gasteiger partial charge >= 0.3 is 0 Å². The summed E-state index contributed by atoms with van der Waals surface area (Å²) in [6.07, 6.45) is 4.34. The molecule has 1 aliphatic heterocycles. The molecular weight excluding hydrogens is 280 g/mol. The Labute approximate surface area is 131 Å².